The van der Waals surface area contributed by atoms with Gasteiger partial charge in [-0.15, -0.1) is 11.3 Å². The Balaban J connectivity index is 1.66. The van der Waals surface area contributed by atoms with Crippen molar-refractivity contribution in [2.45, 2.75) is 33.1 Å². The van der Waals surface area contributed by atoms with Crippen LogP contribution in [0.1, 0.15) is 46.6 Å². The molecule has 1 N–H and O–H groups in total. The number of methoxy groups -OCH3 is 1. The van der Waals surface area contributed by atoms with Crippen LogP contribution in [-0.2, 0) is 22.4 Å². The molecule has 1 aliphatic heterocycles. The highest BCUT2D eigenvalue weighted by molar-refractivity contribution is 7.17. The van der Waals surface area contributed by atoms with Crippen molar-refractivity contribution in [3.63, 3.8) is 0 Å². The maximum Gasteiger partial charge on any atom is 0.341 e. The zero-order chi connectivity index (χ0) is 22.0. The third-order valence-electron chi connectivity index (χ3n) is 5.45. The van der Waals surface area contributed by atoms with Crippen LogP contribution in [0.5, 0.6) is 11.5 Å². The van der Waals surface area contributed by atoms with Crippen LogP contribution < -0.4 is 14.8 Å². The number of benzene rings is 1. The van der Waals surface area contributed by atoms with E-state index in [-0.39, 0.29) is 18.5 Å². The average Bonchev–Trinajstić information content (AvgIpc) is 2.95. The van der Waals surface area contributed by atoms with Crippen LogP contribution >= 0.6 is 11.3 Å². The van der Waals surface area contributed by atoms with Crippen molar-refractivity contribution in [2.24, 2.45) is 5.92 Å². The van der Waals surface area contributed by atoms with Gasteiger partial charge in [-0.3, -0.25) is 4.79 Å². The summed E-state index contributed by atoms with van der Waals surface area (Å²) in [5.41, 5.74) is 2.67. The Labute approximate surface area is 185 Å². The predicted molar refractivity (Wildman–Crippen MR) is 121 cm³/mol. The second kappa shape index (κ2) is 8.98. The maximum absolute atomic E-state index is 13.1. The van der Waals surface area contributed by atoms with Crippen molar-refractivity contribution in [3.05, 3.63) is 57.7 Å². The van der Waals surface area contributed by atoms with Crippen LogP contribution in [0.2, 0.25) is 0 Å². The SMILES string of the molecule is CCOC(=O)c1c(NC(=O)C2=Cc3cc(OC)ccc3OC=C2)sc2c1CC[C@@H](C)C2. The summed E-state index contributed by atoms with van der Waals surface area (Å²) in [6, 6.07) is 5.41. The molecule has 0 saturated heterocycles. The molecule has 0 saturated carbocycles. The lowest BCUT2D eigenvalue weighted by Crippen LogP contribution is -2.17. The van der Waals surface area contributed by atoms with E-state index in [9.17, 15) is 9.59 Å². The lowest BCUT2D eigenvalue weighted by molar-refractivity contribution is -0.112. The van der Waals surface area contributed by atoms with Crippen molar-refractivity contribution < 1.29 is 23.8 Å². The number of nitrogens with one attached hydrogen (secondary N) is 1. The summed E-state index contributed by atoms with van der Waals surface area (Å²) in [6.07, 6.45) is 7.59. The molecular weight excluding hydrogens is 414 g/mol. The van der Waals surface area contributed by atoms with E-state index in [2.05, 4.69) is 12.2 Å². The standard InChI is InChI=1S/C24H25NO5S/c1-4-29-24(27)21-18-7-5-14(2)11-20(18)31-23(21)25-22(26)15-9-10-30-19-8-6-17(28-3)13-16(19)12-15/h6,8-10,12-14H,4-5,7,11H2,1-3H3,(H,25,26)/t14-/m1/s1. The van der Waals surface area contributed by atoms with Gasteiger partial charge in [-0.05, 0) is 68.0 Å². The molecule has 1 atom stereocenters. The van der Waals surface area contributed by atoms with Crippen molar-refractivity contribution >= 4 is 34.3 Å². The molecule has 6 nitrogen and oxygen atoms in total. The third-order valence-corrected chi connectivity index (χ3v) is 6.62. The number of carbonyl (C=O) groups excluding carboxylic acids is 2. The van der Waals surface area contributed by atoms with Gasteiger partial charge < -0.3 is 19.5 Å². The Morgan fingerprint density at radius 2 is 2.16 bits per heavy atom. The molecule has 0 radical (unpaired) electrons. The van der Waals surface area contributed by atoms with Crippen molar-refractivity contribution in [1.29, 1.82) is 0 Å². The van der Waals surface area contributed by atoms with Gasteiger partial charge in [0.1, 0.15) is 16.5 Å². The molecule has 1 aromatic carbocycles. The average molecular weight is 440 g/mol. The van der Waals surface area contributed by atoms with Gasteiger partial charge in [-0.1, -0.05) is 6.92 Å². The molecule has 4 rings (SSSR count). The normalized spacial score (nSPS) is 16.9. The number of hydrogen-bond acceptors (Lipinski definition) is 6. The van der Waals surface area contributed by atoms with Crippen LogP contribution in [0.15, 0.2) is 36.1 Å². The van der Waals surface area contributed by atoms with Gasteiger partial charge in [0.15, 0.2) is 0 Å². The Morgan fingerprint density at radius 3 is 2.94 bits per heavy atom. The Hall–Kier alpha value is -3.06. The summed E-state index contributed by atoms with van der Waals surface area (Å²) in [4.78, 5) is 27.0. The number of ether oxygens (including phenoxy) is 3. The van der Waals surface area contributed by atoms with E-state index in [0.29, 0.717) is 33.6 Å². The van der Waals surface area contributed by atoms with Gasteiger partial charge >= 0.3 is 5.97 Å². The first-order valence-electron chi connectivity index (χ1n) is 10.4. The molecule has 0 bridgehead atoms. The van der Waals surface area contributed by atoms with Gasteiger partial charge in [-0.25, -0.2) is 4.79 Å². The fourth-order valence-electron chi connectivity index (χ4n) is 3.84. The number of anilines is 1. The van der Waals surface area contributed by atoms with E-state index < -0.39 is 0 Å². The monoisotopic (exact) mass is 439 g/mol. The van der Waals surface area contributed by atoms with Gasteiger partial charge in [-0.2, -0.15) is 0 Å². The van der Waals surface area contributed by atoms with E-state index in [4.69, 9.17) is 14.2 Å². The fourth-order valence-corrected chi connectivity index (χ4v) is 5.24. The first kappa shape index (κ1) is 21.2. The minimum absolute atomic E-state index is 0.289. The van der Waals surface area contributed by atoms with Gasteiger partial charge in [0.25, 0.3) is 5.91 Å². The lowest BCUT2D eigenvalue weighted by Gasteiger charge is -2.18. The molecule has 1 aromatic heterocycles. The molecular formula is C24H25NO5S. The number of fused-ring (bicyclic) bond motifs is 2. The van der Waals surface area contributed by atoms with E-state index in [1.807, 2.05) is 6.07 Å². The third kappa shape index (κ3) is 4.37. The largest absolute Gasteiger partial charge is 0.497 e. The number of amides is 1. The Morgan fingerprint density at radius 1 is 1.32 bits per heavy atom. The van der Waals surface area contributed by atoms with Crippen LogP contribution in [-0.4, -0.2) is 25.6 Å². The first-order valence-corrected chi connectivity index (χ1v) is 11.2. The highest BCUT2D eigenvalue weighted by Gasteiger charge is 2.29. The number of thiophene rings is 1. The molecule has 0 fully saturated rings. The van der Waals surface area contributed by atoms with E-state index >= 15 is 0 Å². The molecule has 31 heavy (non-hydrogen) atoms. The summed E-state index contributed by atoms with van der Waals surface area (Å²) in [7, 11) is 1.59. The Bertz CT molecular complexity index is 1080. The second-order valence-electron chi connectivity index (χ2n) is 7.65. The van der Waals surface area contributed by atoms with E-state index in [1.165, 1.54) is 17.6 Å². The van der Waals surface area contributed by atoms with Gasteiger partial charge in [0.2, 0.25) is 0 Å². The van der Waals surface area contributed by atoms with Gasteiger partial charge in [0, 0.05) is 16.0 Å². The molecule has 0 spiro atoms. The molecule has 2 heterocycles. The molecule has 1 amide bonds. The number of esters is 1. The summed E-state index contributed by atoms with van der Waals surface area (Å²) in [5, 5.41) is 3.50. The second-order valence-corrected chi connectivity index (χ2v) is 8.76. The molecule has 162 valence electrons. The topological polar surface area (TPSA) is 73.9 Å². The highest BCUT2D eigenvalue weighted by Crippen LogP contribution is 2.40. The zero-order valence-corrected chi connectivity index (χ0v) is 18.6. The highest BCUT2D eigenvalue weighted by atomic mass is 32.1. The lowest BCUT2D eigenvalue weighted by atomic mass is 9.88. The summed E-state index contributed by atoms with van der Waals surface area (Å²) in [5.74, 6) is 1.17. The van der Waals surface area contributed by atoms with Crippen LogP contribution in [0.3, 0.4) is 0 Å². The molecule has 0 unspecified atom stereocenters. The molecule has 7 heteroatoms. The van der Waals surface area contributed by atoms with Crippen LogP contribution in [0, 0.1) is 5.92 Å². The van der Waals surface area contributed by atoms with Crippen molar-refractivity contribution in [1.82, 2.24) is 0 Å². The van der Waals surface area contributed by atoms with Crippen molar-refractivity contribution in [2.75, 3.05) is 19.0 Å². The number of hydrogen-bond donors (Lipinski definition) is 1. The Kier molecular flexibility index (Phi) is 6.13. The summed E-state index contributed by atoms with van der Waals surface area (Å²) >= 11 is 1.47. The quantitative estimate of drug-likeness (QED) is 0.665. The molecule has 1 aliphatic carbocycles. The van der Waals surface area contributed by atoms with Crippen LogP contribution in [0.25, 0.3) is 6.08 Å². The molecule has 2 aromatic rings. The van der Waals surface area contributed by atoms with E-state index in [0.717, 1.165) is 35.3 Å². The number of rotatable bonds is 5. The minimum Gasteiger partial charge on any atom is -0.497 e. The summed E-state index contributed by atoms with van der Waals surface area (Å²) in [6.45, 7) is 4.28. The summed E-state index contributed by atoms with van der Waals surface area (Å²) < 4.78 is 16.2. The van der Waals surface area contributed by atoms with Crippen LogP contribution in [0.4, 0.5) is 5.00 Å². The van der Waals surface area contributed by atoms with E-state index in [1.54, 1.807) is 38.3 Å². The number of carbonyl (C=O) groups is 2. The minimum atomic E-state index is -0.381. The molecule has 2 aliphatic rings. The smallest absolute Gasteiger partial charge is 0.341 e. The first-order chi connectivity index (χ1) is 15.0. The fraction of sp³-hybridized carbons (Fsp3) is 0.333. The van der Waals surface area contributed by atoms with Crippen molar-refractivity contribution in [3.8, 4) is 11.5 Å². The van der Waals surface area contributed by atoms with Gasteiger partial charge in [0.05, 0.1) is 25.5 Å². The zero-order valence-electron chi connectivity index (χ0n) is 17.8. The predicted octanol–water partition coefficient (Wildman–Crippen LogP) is 4.99. The maximum atomic E-state index is 13.1.